The Hall–Kier alpha value is -0.0800. The summed E-state index contributed by atoms with van der Waals surface area (Å²) in [4.78, 5) is 0. The van der Waals surface area contributed by atoms with Crippen LogP contribution in [-0.2, 0) is 0 Å². The molecule has 2 nitrogen and oxygen atoms in total. The first-order valence-corrected chi connectivity index (χ1v) is 4.55. The van der Waals surface area contributed by atoms with Crippen LogP contribution in [0.2, 0.25) is 0 Å². The molecule has 0 bridgehead atoms. The molecule has 0 amide bonds. The molecule has 0 rings (SSSR count). The van der Waals surface area contributed by atoms with E-state index in [1.54, 1.807) is 0 Å². The Morgan fingerprint density at radius 1 is 1.27 bits per heavy atom. The lowest BCUT2D eigenvalue weighted by Gasteiger charge is -2.11. The van der Waals surface area contributed by atoms with Crippen molar-refractivity contribution in [3.63, 3.8) is 0 Å². The number of hydrogen-bond acceptors (Lipinski definition) is 2. The van der Waals surface area contributed by atoms with Crippen molar-refractivity contribution in [2.75, 3.05) is 13.1 Å². The van der Waals surface area contributed by atoms with E-state index in [-0.39, 0.29) is 6.10 Å². The highest BCUT2D eigenvalue weighted by atomic mass is 16.3. The van der Waals surface area contributed by atoms with Gasteiger partial charge in [-0.1, -0.05) is 27.2 Å². The maximum Gasteiger partial charge on any atom is 0.0664 e. The van der Waals surface area contributed by atoms with E-state index in [1.165, 1.54) is 0 Å². The van der Waals surface area contributed by atoms with Crippen molar-refractivity contribution in [3.05, 3.63) is 0 Å². The van der Waals surface area contributed by atoms with Gasteiger partial charge in [0.2, 0.25) is 0 Å². The number of aliphatic hydroxyl groups is 1. The number of nitrogens with one attached hydrogen (secondary N) is 1. The molecule has 0 spiro atoms. The molecule has 0 aromatic carbocycles. The van der Waals surface area contributed by atoms with Crippen LogP contribution >= 0.6 is 0 Å². The smallest absolute Gasteiger partial charge is 0.0664 e. The van der Waals surface area contributed by atoms with E-state index in [0.29, 0.717) is 5.92 Å². The molecular formula is C9H21NO. The Bertz CT molecular complexity index is 83.6. The van der Waals surface area contributed by atoms with E-state index in [2.05, 4.69) is 26.1 Å². The van der Waals surface area contributed by atoms with Crippen LogP contribution in [0.4, 0.5) is 0 Å². The van der Waals surface area contributed by atoms with E-state index in [0.717, 1.165) is 25.9 Å². The van der Waals surface area contributed by atoms with Crippen molar-refractivity contribution in [1.82, 2.24) is 5.32 Å². The lowest BCUT2D eigenvalue weighted by Crippen LogP contribution is -2.29. The van der Waals surface area contributed by atoms with Gasteiger partial charge in [0.25, 0.3) is 0 Å². The van der Waals surface area contributed by atoms with Crippen molar-refractivity contribution < 1.29 is 5.11 Å². The molecule has 0 aromatic heterocycles. The molecule has 2 N–H and O–H groups in total. The highest BCUT2D eigenvalue weighted by Gasteiger charge is 2.01. The first-order valence-electron chi connectivity index (χ1n) is 4.55. The highest BCUT2D eigenvalue weighted by molar-refractivity contribution is 4.59. The zero-order chi connectivity index (χ0) is 8.69. The van der Waals surface area contributed by atoms with Crippen molar-refractivity contribution in [3.8, 4) is 0 Å². The molecule has 2 heteroatoms. The summed E-state index contributed by atoms with van der Waals surface area (Å²) in [6.07, 6.45) is 1.81. The van der Waals surface area contributed by atoms with E-state index in [4.69, 9.17) is 0 Å². The first kappa shape index (κ1) is 10.9. The average Bonchev–Trinajstić information content (AvgIpc) is 1.87. The summed E-state index contributed by atoms with van der Waals surface area (Å²) in [5, 5.41) is 12.5. The van der Waals surface area contributed by atoms with Crippen molar-refractivity contribution in [2.45, 2.75) is 39.7 Å². The van der Waals surface area contributed by atoms with E-state index >= 15 is 0 Å². The molecule has 0 aliphatic carbocycles. The Labute approximate surface area is 70.0 Å². The molecule has 0 aliphatic heterocycles. The van der Waals surface area contributed by atoms with Gasteiger partial charge in [0.15, 0.2) is 0 Å². The van der Waals surface area contributed by atoms with E-state index in [9.17, 15) is 5.11 Å². The monoisotopic (exact) mass is 159 g/mol. The first-order chi connectivity index (χ1) is 5.16. The van der Waals surface area contributed by atoms with Gasteiger partial charge < -0.3 is 10.4 Å². The van der Waals surface area contributed by atoms with Crippen molar-refractivity contribution in [1.29, 1.82) is 0 Å². The van der Waals surface area contributed by atoms with Gasteiger partial charge >= 0.3 is 0 Å². The van der Waals surface area contributed by atoms with Crippen LogP contribution in [0.1, 0.15) is 33.6 Å². The fourth-order valence-electron chi connectivity index (χ4n) is 0.974. The summed E-state index contributed by atoms with van der Waals surface area (Å²) in [6, 6.07) is 0. The lowest BCUT2D eigenvalue weighted by atomic mass is 10.2. The minimum absolute atomic E-state index is 0.154. The Balaban J connectivity index is 3.10. The van der Waals surface area contributed by atoms with Gasteiger partial charge in [-0.15, -0.1) is 0 Å². The van der Waals surface area contributed by atoms with Crippen molar-refractivity contribution in [2.24, 2.45) is 5.92 Å². The fraction of sp³-hybridized carbons (Fsp3) is 1.00. The molecule has 0 aromatic rings. The summed E-state index contributed by atoms with van der Waals surface area (Å²) < 4.78 is 0. The zero-order valence-electron chi connectivity index (χ0n) is 7.93. The second kappa shape index (κ2) is 6.62. The van der Waals surface area contributed by atoms with Gasteiger partial charge in [0, 0.05) is 6.54 Å². The Morgan fingerprint density at radius 2 is 1.91 bits per heavy atom. The van der Waals surface area contributed by atoms with Gasteiger partial charge in [0.1, 0.15) is 0 Å². The molecule has 0 radical (unpaired) electrons. The molecule has 0 saturated carbocycles. The van der Waals surface area contributed by atoms with Crippen LogP contribution < -0.4 is 5.32 Å². The second-order valence-electron chi connectivity index (χ2n) is 3.49. The second-order valence-corrected chi connectivity index (χ2v) is 3.49. The topological polar surface area (TPSA) is 32.3 Å². The maximum absolute atomic E-state index is 9.30. The molecule has 0 saturated heterocycles. The summed E-state index contributed by atoms with van der Waals surface area (Å²) in [6.45, 7) is 8.16. The van der Waals surface area contributed by atoms with Gasteiger partial charge in [-0.2, -0.15) is 0 Å². The molecule has 1 unspecified atom stereocenters. The number of hydrogen-bond donors (Lipinski definition) is 2. The average molecular weight is 159 g/mol. The van der Waals surface area contributed by atoms with Crippen LogP contribution in [0, 0.1) is 5.92 Å². The van der Waals surface area contributed by atoms with Crippen LogP contribution in [0.3, 0.4) is 0 Å². The van der Waals surface area contributed by atoms with Crippen LogP contribution in [0.5, 0.6) is 0 Å². The maximum atomic E-state index is 9.30. The molecular weight excluding hydrogens is 138 g/mol. The Morgan fingerprint density at radius 3 is 2.36 bits per heavy atom. The van der Waals surface area contributed by atoms with Gasteiger partial charge in [-0.3, -0.25) is 0 Å². The van der Waals surface area contributed by atoms with Crippen LogP contribution in [0.15, 0.2) is 0 Å². The summed E-state index contributed by atoms with van der Waals surface area (Å²) in [5.74, 6) is 0.670. The van der Waals surface area contributed by atoms with E-state index in [1.807, 2.05) is 0 Å². The number of rotatable bonds is 6. The third kappa shape index (κ3) is 7.82. The predicted octanol–water partition coefficient (Wildman–Crippen LogP) is 1.39. The van der Waals surface area contributed by atoms with Crippen molar-refractivity contribution >= 4 is 0 Å². The summed E-state index contributed by atoms with van der Waals surface area (Å²) in [5.41, 5.74) is 0. The standard InChI is InChI=1S/C9H21NO/c1-4-5-9(11)7-10-6-8(2)3/h8-11H,4-7H2,1-3H3. The molecule has 0 heterocycles. The third-order valence-corrected chi connectivity index (χ3v) is 1.55. The molecule has 11 heavy (non-hydrogen) atoms. The molecule has 0 aliphatic rings. The Kier molecular flexibility index (Phi) is 6.57. The number of aliphatic hydroxyl groups excluding tert-OH is 1. The predicted molar refractivity (Wildman–Crippen MR) is 48.6 cm³/mol. The van der Waals surface area contributed by atoms with Crippen LogP contribution in [-0.4, -0.2) is 24.3 Å². The zero-order valence-corrected chi connectivity index (χ0v) is 7.93. The molecule has 1 atom stereocenters. The van der Waals surface area contributed by atoms with Crippen LogP contribution in [0.25, 0.3) is 0 Å². The fourth-order valence-corrected chi connectivity index (χ4v) is 0.974. The van der Waals surface area contributed by atoms with Gasteiger partial charge in [0.05, 0.1) is 6.10 Å². The minimum Gasteiger partial charge on any atom is -0.392 e. The van der Waals surface area contributed by atoms with Gasteiger partial charge in [-0.25, -0.2) is 0 Å². The largest absolute Gasteiger partial charge is 0.392 e. The SMILES string of the molecule is CCCC(O)CNCC(C)C. The highest BCUT2D eigenvalue weighted by Crippen LogP contribution is 1.94. The minimum atomic E-state index is -0.154. The van der Waals surface area contributed by atoms with Gasteiger partial charge in [-0.05, 0) is 18.9 Å². The quantitative estimate of drug-likeness (QED) is 0.614. The molecule has 0 fully saturated rings. The normalized spacial score (nSPS) is 13.9. The summed E-state index contributed by atoms with van der Waals surface area (Å²) >= 11 is 0. The molecule has 68 valence electrons. The third-order valence-electron chi connectivity index (χ3n) is 1.55. The summed E-state index contributed by atoms with van der Waals surface area (Å²) in [7, 11) is 0. The van der Waals surface area contributed by atoms with E-state index < -0.39 is 0 Å². The lowest BCUT2D eigenvalue weighted by molar-refractivity contribution is 0.159.